The zero-order valence-electron chi connectivity index (χ0n) is 18.8. The summed E-state index contributed by atoms with van der Waals surface area (Å²) in [5, 5.41) is 5.99. The van der Waals surface area contributed by atoms with Crippen LogP contribution in [0.3, 0.4) is 0 Å². The molecule has 0 spiro atoms. The van der Waals surface area contributed by atoms with Gasteiger partial charge < -0.3 is 9.47 Å². The van der Waals surface area contributed by atoms with Crippen LogP contribution in [0.15, 0.2) is 87.6 Å². The second-order valence-electron chi connectivity index (χ2n) is 7.24. The van der Waals surface area contributed by atoms with E-state index in [-0.39, 0.29) is 24.1 Å². The molecule has 4 aromatic rings. The Labute approximate surface area is 210 Å². The number of carbonyl (C=O) groups excluding carboxylic acids is 1. The van der Waals surface area contributed by atoms with Crippen molar-refractivity contribution >= 4 is 35.2 Å². The van der Waals surface area contributed by atoms with Gasteiger partial charge in [-0.3, -0.25) is 4.79 Å². The number of hydrazone groups is 1. The van der Waals surface area contributed by atoms with Gasteiger partial charge in [-0.2, -0.15) is 5.10 Å². The van der Waals surface area contributed by atoms with Crippen LogP contribution in [-0.2, 0) is 11.4 Å². The maximum Gasteiger partial charge on any atom is 0.250 e. The molecule has 0 saturated carbocycles. The number of carbonyl (C=O) groups is 1. The van der Waals surface area contributed by atoms with Crippen LogP contribution in [-0.4, -0.2) is 30.0 Å². The fourth-order valence-corrected chi connectivity index (χ4v) is 4.69. The molecule has 0 aliphatic heterocycles. The Bertz CT molecular complexity index is 1310. The van der Waals surface area contributed by atoms with Gasteiger partial charge in [-0.05, 0) is 29.8 Å². The summed E-state index contributed by atoms with van der Waals surface area (Å²) < 4.78 is 25.7. The van der Waals surface area contributed by atoms with Crippen molar-refractivity contribution in [3.05, 3.63) is 95.1 Å². The fraction of sp³-hybridized carbons (Fsp3) is 0.115. The first-order valence-corrected chi connectivity index (χ1v) is 12.5. The highest BCUT2D eigenvalue weighted by Gasteiger charge is 2.09. The van der Waals surface area contributed by atoms with E-state index < -0.39 is 0 Å². The number of hydrogen-bond donors (Lipinski definition) is 1. The Hall–Kier alpha value is -3.69. The predicted molar refractivity (Wildman–Crippen MR) is 138 cm³/mol. The van der Waals surface area contributed by atoms with E-state index in [1.807, 2.05) is 35.7 Å². The van der Waals surface area contributed by atoms with Crippen LogP contribution in [0, 0.1) is 5.82 Å². The lowest BCUT2D eigenvalue weighted by Crippen LogP contribution is -2.19. The molecule has 0 bridgehead atoms. The Morgan fingerprint density at radius 2 is 1.91 bits per heavy atom. The van der Waals surface area contributed by atoms with Crippen molar-refractivity contribution in [1.82, 2.24) is 10.4 Å². The number of ether oxygens (including phenoxy) is 2. The second kappa shape index (κ2) is 12.1. The Kier molecular flexibility index (Phi) is 8.48. The Morgan fingerprint density at radius 1 is 1.11 bits per heavy atom. The number of thioether (sulfide) groups is 1. The van der Waals surface area contributed by atoms with E-state index in [1.54, 1.807) is 36.4 Å². The first-order valence-electron chi connectivity index (χ1n) is 10.6. The zero-order valence-corrected chi connectivity index (χ0v) is 20.4. The Morgan fingerprint density at radius 3 is 2.71 bits per heavy atom. The topological polar surface area (TPSA) is 72.8 Å². The minimum atomic E-state index is -0.324. The molecule has 0 saturated heterocycles. The highest BCUT2D eigenvalue weighted by molar-refractivity contribution is 8.01. The summed E-state index contributed by atoms with van der Waals surface area (Å²) >= 11 is 2.86. The number of nitrogens with zero attached hydrogens (tertiary/aromatic N) is 2. The third kappa shape index (κ3) is 6.91. The molecule has 6 nitrogen and oxygen atoms in total. The third-order valence-corrected chi connectivity index (χ3v) is 6.83. The number of aromatic nitrogens is 1. The van der Waals surface area contributed by atoms with E-state index in [1.165, 1.54) is 42.5 Å². The van der Waals surface area contributed by atoms with Crippen LogP contribution < -0.4 is 14.9 Å². The van der Waals surface area contributed by atoms with Gasteiger partial charge in [-0.25, -0.2) is 14.8 Å². The number of methoxy groups -OCH3 is 1. The summed E-state index contributed by atoms with van der Waals surface area (Å²) in [6, 6.07) is 21.5. The SMILES string of the molecule is COc1cc(/C=N/NC(=O)CSc2nc(-c3ccccc3)cs2)ccc1OCc1ccccc1F. The number of rotatable bonds is 10. The molecule has 0 aliphatic rings. The molecule has 9 heteroatoms. The minimum absolute atomic E-state index is 0.0795. The van der Waals surface area contributed by atoms with Gasteiger partial charge in [0.2, 0.25) is 0 Å². The van der Waals surface area contributed by atoms with Gasteiger partial charge in [0.05, 0.1) is 24.8 Å². The van der Waals surface area contributed by atoms with Gasteiger partial charge in [-0.15, -0.1) is 11.3 Å². The average Bonchev–Trinajstić information content (AvgIpc) is 3.37. The van der Waals surface area contributed by atoms with Crippen LogP contribution in [0.4, 0.5) is 4.39 Å². The quantitative estimate of drug-likeness (QED) is 0.167. The normalized spacial score (nSPS) is 10.9. The molecule has 1 aromatic heterocycles. The van der Waals surface area contributed by atoms with Gasteiger partial charge in [0, 0.05) is 16.5 Å². The van der Waals surface area contributed by atoms with E-state index in [0.29, 0.717) is 22.6 Å². The Balaban J connectivity index is 1.27. The average molecular weight is 508 g/mol. The maximum absolute atomic E-state index is 13.8. The smallest absolute Gasteiger partial charge is 0.250 e. The van der Waals surface area contributed by atoms with Crippen molar-refractivity contribution in [2.45, 2.75) is 10.9 Å². The molecule has 1 heterocycles. The van der Waals surface area contributed by atoms with Crippen molar-refractivity contribution in [3.63, 3.8) is 0 Å². The molecule has 178 valence electrons. The fourth-order valence-electron chi connectivity index (χ4n) is 3.06. The van der Waals surface area contributed by atoms with Crippen LogP contribution in [0.25, 0.3) is 11.3 Å². The van der Waals surface area contributed by atoms with Crippen molar-refractivity contribution in [3.8, 4) is 22.8 Å². The molecule has 3 aromatic carbocycles. The number of hydrogen-bond acceptors (Lipinski definition) is 7. The summed E-state index contributed by atoms with van der Waals surface area (Å²) in [7, 11) is 1.52. The third-order valence-electron chi connectivity index (χ3n) is 4.81. The van der Waals surface area contributed by atoms with Crippen LogP contribution in [0.1, 0.15) is 11.1 Å². The van der Waals surface area contributed by atoms with Crippen molar-refractivity contribution in [2.75, 3.05) is 12.9 Å². The highest BCUT2D eigenvalue weighted by atomic mass is 32.2. The van der Waals surface area contributed by atoms with E-state index in [0.717, 1.165) is 15.6 Å². The van der Waals surface area contributed by atoms with Crippen molar-refractivity contribution < 1.29 is 18.7 Å². The van der Waals surface area contributed by atoms with Crippen LogP contribution >= 0.6 is 23.1 Å². The van der Waals surface area contributed by atoms with E-state index in [2.05, 4.69) is 15.5 Å². The lowest BCUT2D eigenvalue weighted by molar-refractivity contribution is -0.118. The molecule has 1 amide bonds. The van der Waals surface area contributed by atoms with E-state index >= 15 is 0 Å². The number of halogens is 1. The van der Waals surface area contributed by atoms with Gasteiger partial charge in [0.1, 0.15) is 12.4 Å². The number of thiazole rings is 1. The van der Waals surface area contributed by atoms with Crippen LogP contribution in [0.2, 0.25) is 0 Å². The first-order chi connectivity index (χ1) is 17.1. The molecule has 35 heavy (non-hydrogen) atoms. The van der Waals surface area contributed by atoms with Gasteiger partial charge in [-0.1, -0.05) is 60.3 Å². The monoisotopic (exact) mass is 507 g/mol. The predicted octanol–water partition coefficient (Wildman–Crippen LogP) is 5.78. The first kappa shape index (κ1) is 24.4. The lowest BCUT2D eigenvalue weighted by Gasteiger charge is -2.11. The van der Waals surface area contributed by atoms with Crippen LogP contribution in [0.5, 0.6) is 11.5 Å². The standard InChI is InChI=1S/C26H22FN3O3S2/c1-32-24-13-18(11-12-23(24)33-15-20-9-5-6-10-21(20)27)14-28-30-25(31)17-35-26-29-22(16-34-26)19-7-3-2-4-8-19/h2-14,16H,15,17H2,1H3,(H,30,31)/b28-14+. The molecule has 0 unspecified atom stereocenters. The minimum Gasteiger partial charge on any atom is -0.493 e. The molecule has 4 rings (SSSR count). The largest absolute Gasteiger partial charge is 0.493 e. The second-order valence-corrected chi connectivity index (χ2v) is 9.32. The molecule has 0 radical (unpaired) electrons. The van der Waals surface area contributed by atoms with Gasteiger partial charge in [0.25, 0.3) is 5.91 Å². The molecule has 0 atom stereocenters. The lowest BCUT2D eigenvalue weighted by atomic mass is 10.2. The summed E-state index contributed by atoms with van der Waals surface area (Å²) in [6.07, 6.45) is 1.52. The zero-order chi connectivity index (χ0) is 24.5. The highest BCUT2D eigenvalue weighted by Crippen LogP contribution is 2.29. The summed E-state index contributed by atoms with van der Waals surface area (Å²) in [6.45, 7) is 0.0795. The number of nitrogens with one attached hydrogen (secondary N) is 1. The summed E-state index contributed by atoms with van der Waals surface area (Å²) in [5.74, 6) is 0.595. The maximum atomic E-state index is 13.8. The molecular formula is C26H22FN3O3S2. The van der Waals surface area contributed by atoms with Gasteiger partial charge >= 0.3 is 0 Å². The van der Waals surface area contributed by atoms with Crippen molar-refractivity contribution in [1.29, 1.82) is 0 Å². The summed E-state index contributed by atoms with van der Waals surface area (Å²) in [5.41, 5.74) is 5.62. The van der Waals surface area contributed by atoms with Gasteiger partial charge in [0.15, 0.2) is 15.8 Å². The van der Waals surface area contributed by atoms with E-state index in [9.17, 15) is 9.18 Å². The van der Waals surface area contributed by atoms with E-state index in [4.69, 9.17) is 9.47 Å². The summed E-state index contributed by atoms with van der Waals surface area (Å²) in [4.78, 5) is 16.7. The molecule has 0 aliphatic carbocycles. The molecular weight excluding hydrogens is 485 g/mol. The molecule has 1 N–H and O–H groups in total. The molecule has 0 fully saturated rings. The number of amides is 1. The van der Waals surface area contributed by atoms with Crippen molar-refractivity contribution in [2.24, 2.45) is 5.10 Å². The number of benzene rings is 3.